The Morgan fingerprint density at radius 1 is 1.15 bits per heavy atom. The maximum absolute atomic E-state index is 13.0. The molecule has 0 saturated carbocycles. The Morgan fingerprint density at radius 2 is 1.82 bits per heavy atom. The van der Waals surface area contributed by atoms with Crippen LogP contribution in [0.3, 0.4) is 0 Å². The van der Waals surface area contributed by atoms with Crippen LogP contribution in [0.4, 0.5) is 0 Å². The monoisotopic (exact) mass is 461 g/mol. The predicted octanol–water partition coefficient (Wildman–Crippen LogP) is 1.82. The molecule has 0 aliphatic carbocycles. The Kier molecular flexibility index (Phi) is 9.84. The average Bonchev–Trinajstić information content (AvgIpc) is 3.27. The van der Waals surface area contributed by atoms with Crippen molar-refractivity contribution in [2.24, 2.45) is 5.92 Å². The number of ether oxygens (including phenoxy) is 1. The number of amides is 2. The van der Waals surface area contributed by atoms with E-state index in [-0.39, 0.29) is 18.4 Å². The molecule has 0 spiro atoms. The van der Waals surface area contributed by atoms with Crippen molar-refractivity contribution in [1.82, 2.24) is 15.5 Å². The Hall–Kier alpha value is -2.94. The SMILES string of the molecule is CCOC(=O)C(N[C@@H](C)C(=O)N1CCC[C@H]1C(=O)O)C(CC(C)C)NC(=O)c1ccccc1. The Bertz CT molecular complexity index is 829. The van der Waals surface area contributed by atoms with E-state index in [2.05, 4.69) is 10.6 Å². The fraction of sp³-hybridized carbons (Fsp3) is 0.583. The molecule has 2 unspecified atom stereocenters. The molecule has 1 aliphatic heterocycles. The van der Waals surface area contributed by atoms with Crippen molar-refractivity contribution in [2.45, 2.75) is 71.1 Å². The molecule has 3 N–H and O–H groups in total. The van der Waals surface area contributed by atoms with E-state index >= 15 is 0 Å². The number of likely N-dealkylation sites (tertiary alicyclic amines) is 1. The van der Waals surface area contributed by atoms with Crippen molar-refractivity contribution in [3.63, 3.8) is 0 Å². The summed E-state index contributed by atoms with van der Waals surface area (Å²) in [5.41, 5.74) is 0.458. The number of benzene rings is 1. The number of nitrogens with zero attached hydrogens (tertiary/aromatic N) is 1. The summed E-state index contributed by atoms with van der Waals surface area (Å²) in [5, 5.41) is 15.4. The first kappa shape index (κ1) is 26.3. The van der Waals surface area contributed by atoms with E-state index in [1.165, 1.54) is 4.90 Å². The molecule has 0 aromatic heterocycles. The summed E-state index contributed by atoms with van der Waals surface area (Å²) in [6, 6.07) is 5.34. The van der Waals surface area contributed by atoms with Crippen LogP contribution in [0.25, 0.3) is 0 Å². The van der Waals surface area contributed by atoms with Gasteiger partial charge in [0.05, 0.1) is 18.7 Å². The number of nitrogens with one attached hydrogen (secondary N) is 2. The van der Waals surface area contributed by atoms with Gasteiger partial charge in [0.25, 0.3) is 5.91 Å². The normalized spacial score (nSPS) is 18.5. The molecule has 1 heterocycles. The van der Waals surface area contributed by atoms with Crippen LogP contribution in [0, 0.1) is 5.92 Å². The molecule has 9 nitrogen and oxygen atoms in total. The molecule has 1 saturated heterocycles. The maximum Gasteiger partial charge on any atom is 0.326 e. The van der Waals surface area contributed by atoms with Crippen molar-refractivity contribution >= 4 is 23.8 Å². The third-order valence-electron chi connectivity index (χ3n) is 5.64. The summed E-state index contributed by atoms with van der Waals surface area (Å²) in [6.45, 7) is 7.72. The largest absolute Gasteiger partial charge is 0.480 e. The second kappa shape index (κ2) is 12.3. The van der Waals surface area contributed by atoms with E-state index in [1.807, 2.05) is 13.8 Å². The number of carboxylic acids is 1. The van der Waals surface area contributed by atoms with E-state index < -0.39 is 42.0 Å². The summed E-state index contributed by atoms with van der Waals surface area (Å²) in [6.07, 6.45) is 1.48. The van der Waals surface area contributed by atoms with Crippen LogP contribution in [0.15, 0.2) is 30.3 Å². The van der Waals surface area contributed by atoms with Gasteiger partial charge in [-0.15, -0.1) is 0 Å². The minimum Gasteiger partial charge on any atom is -0.480 e. The molecule has 2 rings (SSSR count). The topological polar surface area (TPSA) is 125 Å². The first-order valence-electron chi connectivity index (χ1n) is 11.5. The lowest BCUT2D eigenvalue weighted by atomic mass is 9.96. The van der Waals surface area contributed by atoms with Gasteiger partial charge in [0.2, 0.25) is 5.91 Å². The van der Waals surface area contributed by atoms with Crippen LogP contribution in [-0.2, 0) is 19.1 Å². The van der Waals surface area contributed by atoms with E-state index in [0.29, 0.717) is 31.4 Å². The first-order chi connectivity index (χ1) is 15.6. The minimum absolute atomic E-state index is 0.144. The lowest BCUT2D eigenvalue weighted by Gasteiger charge is -2.32. The van der Waals surface area contributed by atoms with Crippen molar-refractivity contribution in [3.05, 3.63) is 35.9 Å². The number of carbonyl (C=O) groups is 4. The molecule has 2 amide bonds. The van der Waals surface area contributed by atoms with Gasteiger partial charge < -0.3 is 20.1 Å². The molecule has 9 heteroatoms. The zero-order valence-corrected chi connectivity index (χ0v) is 19.7. The predicted molar refractivity (Wildman–Crippen MR) is 123 cm³/mol. The van der Waals surface area contributed by atoms with Gasteiger partial charge in [-0.2, -0.15) is 0 Å². The molecule has 4 atom stereocenters. The molecule has 1 fully saturated rings. The molecule has 0 radical (unpaired) electrons. The summed E-state index contributed by atoms with van der Waals surface area (Å²) in [4.78, 5) is 51.6. The summed E-state index contributed by atoms with van der Waals surface area (Å²) < 4.78 is 5.25. The van der Waals surface area contributed by atoms with Gasteiger partial charge in [0.15, 0.2) is 0 Å². The van der Waals surface area contributed by atoms with Gasteiger partial charge in [-0.25, -0.2) is 4.79 Å². The lowest BCUT2D eigenvalue weighted by Crippen LogP contribution is -2.60. The van der Waals surface area contributed by atoms with Gasteiger partial charge in [-0.05, 0) is 51.2 Å². The maximum atomic E-state index is 13.0. The van der Waals surface area contributed by atoms with Crippen LogP contribution in [0.2, 0.25) is 0 Å². The summed E-state index contributed by atoms with van der Waals surface area (Å²) in [7, 11) is 0. The number of esters is 1. The van der Waals surface area contributed by atoms with E-state index in [4.69, 9.17) is 4.74 Å². The molecule has 1 aromatic carbocycles. The van der Waals surface area contributed by atoms with Crippen LogP contribution in [0.1, 0.15) is 57.3 Å². The average molecular weight is 462 g/mol. The van der Waals surface area contributed by atoms with Gasteiger partial charge in [-0.3, -0.25) is 19.7 Å². The van der Waals surface area contributed by atoms with E-state index in [9.17, 15) is 24.3 Å². The van der Waals surface area contributed by atoms with Gasteiger partial charge >= 0.3 is 11.9 Å². The zero-order valence-electron chi connectivity index (χ0n) is 19.7. The standard InChI is InChI=1S/C24H35N3O6/c1-5-33-24(32)20(25-16(4)22(29)27-13-9-12-19(27)23(30)31)18(14-15(2)3)26-21(28)17-10-7-6-8-11-17/h6-8,10-11,15-16,18-20,25H,5,9,12-14H2,1-4H3,(H,26,28)(H,30,31)/t16-,18?,19-,20?/m0/s1. The number of hydrogen-bond donors (Lipinski definition) is 3. The second-order valence-electron chi connectivity index (χ2n) is 8.72. The van der Waals surface area contributed by atoms with E-state index in [1.54, 1.807) is 44.2 Å². The molecule has 1 aliphatic rings. The number of hydrogen-bond acceptors (Lipinski definition) is 6. The summed E-state index contributed by atoms with van der Waals surface area (Å²) >= 11 is 0. The zero-order chi connectivity index (χ0) is 24.5. The highest BCUT2D eigenvalue weighted by Gasteiger charge is 2.39. The third kappa shape index (κ3) is 7.28. The molecular weight excluding hydrogens is 426 g/mol. The Morgan fingerprint density at radius 3 is 2.39 bits per heavy atom. The fourth-order valence-electron chi connectivity index (χ4n) is 4.08. The van der Waals surface area contributed by atoms with Crippen LogP contribution in [-0.4, -0.2) is 71.1 Å². The molecular formula is C24H35N3O6. The Balaban J connectivity index is 2.24. The van der Waals surface area contributed by atoms with Crippen molar-refractivity contribution < 1.29 is 29.0 Å². The number of carboxylic acid groups (broad SMARTS) is 1. The molecule has 0 bridgehead atoms. The highest BCUT2D eigenvalue weighted by molar-refractivity contribution is 5.95. The molecule has 1 aromatic rings. The van der Waals surface area contributed by atoms with Gasteiger partial charge in [-0.1, -0.05) is 32.0 Å². The number of carbonyl (C=O) groups excluding carboxylic acids is 3. The highest BCUT2D eigenvalue weighted by Crippen LogP contribution is 2.19. The number of rotatable bonds is 11. The van der Waals surface area contributed by atoms with Crippen molar-refractivity contribution in [1.29, 1.82) is 0 Å². The Labute approximate surface area is 194 Å². The smallest absolute Gasteiger partial charge is 0.326 e. The van der Waals surface area contributed by atoms with Gasteiger partial charge in [0, 0.05) is 12.1 Å². The van der Waals surface area contributed by atoms with Crippen molar-refractivity contribution in [2.75, 3.05) is 13.2 Å². The quantitative estimate of drug-likeness (QED) is 0.429. The lowest BCUT2D eigenvalue weighted by molar-refractivity contribution is -0.150. The highest BCUT2D eigenvalue weighted by atomic mass is 16.5. The van der Waals surface area contributed by atoms with Crippen LogP contribution < -0.4 is 10.6 Å². The molecule has 182 valence electrons. The van der Waals surface area contributed by atoms with Crippen LogP contribution in [0.5, 0.6) is 0 Å². The third-order valence-corrected chi connectivity index (χ3v) is 5.64. The van der Waals surface area contributed by atoms with Gasteiger partial charge in [0.1, 0.15) is 12.1 Å². The number of aliphatic carboxylic acids is 1. The molecule has 33 heavy (non-hydrogen) atoms. The van der Waals surface area contributed by atoms with Crippen molar-refractivity contribution in [3.8, 4) is 0 Å². The first-order valence-corrected chi connectivity index (χ1v) is 11.5. The fourth-order valence-corrected chi connectivity index (χ4v) is 4.08. The summed E-state index contributed by atoms with van der Waals surface area (Å²) in [5.74, 6) is -2.20. The minimum atomic E-state index is -1.04. The van der Waals surface area contributed by atoms with Crippen LogP contribution >= 0.6 is 0 Å². The second-order valence-corrected chi connectivity index (χ2v) is 8.72. The van der Waals surface area contributed by atoms with E-state index in [0.717, 1.165) is 0 Å².